The van der Waals surface area contributed by atoms with Gasteiger partial charge < -0.3 is 9.84 Å². The van der Waals surface area contributed by atoms with E-state index in [1.165, 1.54) is 16.7 Å². The largest absolute Gasteiger partial charge is 0.462 e. The summed E-state index contributed by atoms with van der Waals surface area (Å²) in [5, 5.41) is 9.72. The van der Waals surface area contributed by atoms with Gasteiger partial charge in [0.1, 0.15) is 6.10 Å². The molecule has 1 aliphatic heterocycles. The van der Waals surface area contributed by atoms with Crippen molar-refractivity contribution in [2.45, 2.75) is 57.7 Å². The van der Waals surface area contributed by atoms with Crippen molar-refractivity contribution in [1.82, 2.24) is 0 Å². The number of aliphatic hydroxyl groups is 1. The summed E-state index contributed by atoms with van der Waals surface area (Å²) >= 11 is 0. The highest BCUT2D eigenvalue weighted by molar-refractivity contribution is 5.71. The molecule has 1 saturated heterocycles. The van der Waals surface area contributed by atoms with E-state index in [2.05, 4.69) is 44.2 Å². The number of aryl methyl sites for hydroxylation is 1. The minimum absolute atomic E-state index is 0.136. The fourth-order valence-electron chi connectivity index (χ4n) is 3.67. The molecule has 3 heteroatoms. The van der Waals surface area contributed by atoms with Crippen LogP contribution in [-0.2, 0) is 9.53 Å². The molecule has 1 aromatic rings. The number of cyclic esters (lactones) is 1. The van der Waals surface area contributed by atoms with Gasteiger partial charge in [-0.05, 0) is 42.7 Å². The van der Waals surface area contributed by atoms with Crippen molar-refractivity contribution in [2.24, 2.45) is 5.92 Å². The van der Waals surface area contributed by atoms with Crippen molar-refractivity contribution in [3.8, 4) is 0 Å². The molecule has 118 valence electrons. The molecule has 0 saturated carbocycles. The zero-order chi connectivity index (χ0) is 15.7. The fourth-order valence-corrected chi connectivity index (χ4v) is 3.67. The maximum Gasteiger partial charge on any atom is 0.308 e. The summed E-state index contributed by atoms with van der Waals surface area (Å²) in [6, 6.07) is 6.63. The third kappa shape index (κ3) is 3.25. The standard InChI is InChI=1S/C19H24O3/c1-12-3-7-18-14(9-12)5-4-13(2)17(18)8-6-16-10-15(20)11-19(21)22-16/h3-5,7,9,13,15-17,20H,6,8,10-11H2,1-2H3/t13-,15?,16?,17?/m0/s1. The van der Waals surface area contributed by atoms with E-state index in [1.54, 1.807) is 0 Å². The summed E-state index contributed by atoms with van der Waals surface area (Å²) in [5.74, 6) is 0.675. The summed E-state index contributed by atoms with van der Waals surface area (Å²) in [6.07, 6.45) is 6.32. The van der Waals surface area contributed by atoms with Crippen LogP contribution in [0.25, 0.3) is 6.08 Å². The zero-order valence-electron chi connectivity index (χ0n) is 13.3. The molecule has 22 heavy (non-hydrogen) atoms. The Kier molecular flexibility index (Phi) is 4.34. The lowest BCUT2D eigenvalue weighted by atomic mass is 9.77. The lowest BCUT2D eigenvalue weighted by Gasteiger charge is -2.31. The third-order valence-electron chi connectivity index (χ3n) is 4.89. The Bertz CT molecular complexity index is 590. The highest BCUT2D eigenvalue weighted by Crippen LogP contribution is 2.38. The predicted octanol–water partition coefficient (Wildman–Crippen LogP) is 3.59. The molecule has 3 rings (SSSR count). The number of allylic oxidation sites excluding steroid dienone is 1. The number of rotatable bonds is 3. The quantitative estimate of drug-likeness (QED) is 0.868. The molecule has 0 aromatic heterocycles. The first-order valence-electron chi connectivity index (χ1n) is 8.19. The summed E-state index contributed by atoms with van der Waals surface area (Å²) in [6.45, 7) is 4.36. The number of esters is 1. The summed E-state index contributed by atoms with van der Waals surface area (Å²) in [4.78, 5) is 11.4. The van der Waals surface area contributed by atoms with Gasteiger partial charge in [-0.2, -0.15) is 0 Å². The van der Waals surface area contributed by atoms with E-state index in [0.29, 0.717) is 18.3 Å². The highest BCUT2D eigenvalue weighted by atomic mass is 16.5. The Morgan fingerprint density at radius 1 is 1.32 bits per heavy atom. The Hall–Kier alpha value is -1.61. The highest BCUT2D eigenvalue weighted by Gasteiger charge is 2.29. The van der Waals surface area contributed by atoms with Crippen molar-refractivity contribution in [3.05, 3.63) is 41.0 Å². The lowest BCUT2D eigenvalue weighted by molar-refractivity contribution is -0.160. The molecule has 1 heterocycles. The molecule has 0 radical (unpaired) electrons. The first-order valence-corrected chi connectivity index (χ1v) is 8.19. The van der Waals surface area contributed by atoms with Crippen LogP contribution in [0.4, 0.5) is 0 Å². The van der Waals surface area contributed by atoms with Crippen LogP contribution in [-0.4, -0.2) is 23.3 Å². The molecule has 1 aromatic carbocycles. The first-order chi connectivity index (χ1) is 10.5. The van der Waals surface area contributed by atoms with Gasteiger partial charge in [0.2, 0.25) is 0 Å². The molecule has 0 spiro atoms. The average Bonchev–Trinajstić information content (AvgIpc) is 2.45. The van der Waals surface area contributed by atoms with Crippen LogP contribution in [0.3, 0.4) is 0 Å². The zero-order valence-corrected chi connectivity index (χ0v) is 13.3. The van der Waals surface area contributed by atoms with E-state index in [1.807, 2.05) is 0 Å². The minimum atomic E-state index is -0.537. The van der Waals surface area contributed by atoms with Crippen LogP contribution in [0.2, 0.25) is 0 Å². The van der Waals surface area contributed by atoms with Crippen molar-refractivity contribution < 1.29 is 14.6 Å². The Balaban J connectivity index is 1.70. The number of carbonyl (C=O) groups is 1. The second-order valence-electron chi connectivity index (χ2n) is 6.74. The van der Waals surface area contributed by atoms with Gasteiger partial charge in [-0.1, -0.05) is 42.8 Å². The van der Waals surface area contributed by atoms with Crippen LogP contribution in [0, 0.1) is 12.8 Å². The van der Waals surface area contributed by atoms with Gasteiger partial charge in [0.05, 0.1) is 12.5 Å². The molecule has 0 bridgehead atoms. The fraction of sp³-hybridized carbons (Fsp3) is 0.526. The molecule has 1 N–H and O–H groups in total. The number of carbonyl (C=O) groups excluding carboxylic acids is 1. The van der Waals surface area contributed by atoms with Crippen LogP contribution < -0.4 is 0 Å². The monoisotopic (exact) mass is 300 g/mol. The molecule has 3 nitrogen and oxygen atoms in total. The Morgan fingerprint density at radius 2 is 2.14 bits per heavy atom. The predicted molar refractivity (Wildman–Crippen MR) is 86.5 cm³/mol. The molecular formula is C19H24O3. The number of ether oxygens (including phenoxy) is 1. The van der Waals surface area contributed by atoms with Gasteiger partial charge in [0, 0.05) is 6.42 Å². The maximum atomic E-state index is 11.4. The first kappa shape index (κ1) is 15.3. The van der Waals surface area contributed by atoms with E-state index in [0.717, 1.165) is 12.8 Å². The summed E-state index contributed by atoms with van der Waals surface area (Å²) in [7, 11) is 0. The van der Waals surface area contributed by atoms with E-state index in [-0.39, 0.29) is 18.5 Å². The summed E-state index contributed by atoms with van der Waals surface area (Å²) in [5.41, 5.74) is 3.98. The van der Waals surface area contributed by atoms with Crippen molar-refractivity contribution in [2.75, 3.05) is 0 Å². The van der Waals surface area contributed by atoms with Gasteiger partial charge in [-0.25, -0.2) is 0 Å². The minimum Gasteiger partial charge on any atom is -0.462 e. The molecule has 1 fully saturated rings. The second-order valence-corrected chi connectivity index (χ2v) is 6.74. The Labute approximate surface area is 132 Å². The molecule has 0 amide bonds. The number of aliphatic hydroxyl groups excluding tert-OH is 1. The average molecular weight is 300 g/mol. The van der Waals surface area contributed by atoms with E-state index < -0.39 is 6.10 Å². The van der Waals surface area contributed by atoms with Crippen molar-refractivity contribution in [1.29, 1.82) is 0 Å². The van der Waals surface area contributed by atoms with Gasteiger partial charge in [0.15, 0.2) is 0 Å². The maximum absolute atomic E-state index is 11.4. The van der Waals surface area contributed by atoms with Crippen molar-refractivity contribution in [3.63, 3.8) is 0 Å². The molecule has 2 aliphatic rings. The van der Waals surface area contributed by atoms with Crippen LogP contribution in [0.1, 0.15) is 55.2 Å². The van der Waals surface area contributed by atoms with E-state index in [9.17, 15) is 9.90 Å². The molecular weight excluding hydrogens is 276 g/mol. The number of hydrogen-bond acceptors (Lipinski definition) is 3. The van der Waals surface area contributed by atoms with Gasteiger partial charge in [-0.15, -0.1) is 0 Å². The van der Waals surface area contributed by atoms with Crippen LogP contribution in [0.15, 0.2) is 24.3 Å². The van der Waals surface area contributed by atoms with E-state index in [4.69, 9.17) is 4.74 Å². The number of fused-ring (bicyclic) bond motifs is 1. The van der Waals surface area contributed by atoms with Crippen LogP contribution in [0.5, 0.6) is 0 Å². The topological polar surface area (TPSA) is 46.5 Å². The smallest absolute Gasteiger partial charge is 0.308 e. The second kappa shape index (κ2) is 6.25. The number of benzene rings is 1. The van der Waals surface area contributed by atoms with Crippen molar-refractivity contribution >= 4 is 12.0 Å². The normalized spacial score (nSPS) is 30.8. The lowest BCUT2D eigenvalue weighted by Crippen LogP contribution is -2.33. The molecule has 1 aliphatic carbocycles. The third-order valence-corrected chi connectivity index (χ3v) is 4.89. The van der Waals surface area contributed by atoms with Crippen LogP contribution >= 0.6 is 0 Å². The van der Waals surface area contributed by atoms with Gasteiger partial charge >= 0.3 is 5.97 Å². The number of hydrogen-bond donors (Lipinski definition) is 1. The molecule has 4 atom stereocenters. The molecule has 3 unspecified atom stereocenters. The van der Waals surface area contributed by atoms with Gasteiger partial charge in [-0.3, -0.25) is 4.79 Å². The Morgan fingerprint density at radius 3 is 2.91 bits per heavy atom. The SMILES string of the molecule is Cc1ccc2c(c1)C=C[C@H](C)C2CCC1CC(O)CC(=O)O1. The van der Waals surface area contributed by atoms with Gasteiger partial charge in [0.25, 0.3) is 0 Å². The van der Waals surface area contributed by atoms with E-state index >= 15 is 0 Å². The summed E-state index contributed by atoms with van der Waals surface area (Å²) < 4.78 is 5.37.